The summed E-state index contributed by atoms with van der Waals surface area (Å²) in [6.45, 7) is 0. The number of rotatable bonds is 1. The standard InChI is InChI=1S/C20H14N4O2/c25-13-7-5-12(6-8-13)17-15-9-10-24-19(15)18(21-11-22-24)14-3-1-2-4-16(14)23-20(17)26/h1-11,17,25H,(H,23,26). The van der Waals surface area contributed by atoms with Crippen LogP contribution in [0.5, 0.6) is 5.75 Å². The van der Waals surface area contributed by atoms with E-state index in [9.17, 15) is 9.90 Å². The number of aromatic nitrogens is 3. The average molecular weight is 342 g/mol. The van der Waals surface area contributed by atoms with Crippen molar-refractivity contribution in [1.82, 2.24) is 14.6 Å². The summed E-state index contributed by atoms with van der Waals surface area (Å²) < 4.78 is 1.75. The number of amides is 1. The number of nitrogens with zero attached hydrogens (tertiary/aromatic N) is 3. The Labute approximate surface area is 148 Å². The number of phenols is 1. The van der Waals surface area contributed by atoms with E-state index in [0.29, 0.717) is 5.69 Å². The number of carbonyl (C=O) groups excluding carboxylic acids is 1. The minimum absolute atomic E-state index is 0.134. The molecular formula is C20H14N4O2. The summed E-state index contributed by atoms with van der Waals surface area (Å²) >= 11 is 0. The molecule has 0 bridgehead atoms. The number of anilines is 1. The Morgan fingerprint density at radius 3 is 2.69 bits per heavy atom. The normalized spacial score (nSPS) is 15.8. The molecule has 2 aromatic heterocycles. The number of benzene rings is 2. The van der Waals surface area contributed by atoms with E-state index in [4.69, 9.17) is 0 Å². The van der Waals surface area contributed by atoms with Crippen molar-refractivity contribution in [2.45, 2.75) is 5.92 Å². The molecule has 0 radical (unpaired) electrons. The van der Waals surface area contributed by atoms with E-state index in [-0.39, 0.29) is 11.7 Å². The zero-order valence-electron chi connectivity index (χ0n) is 13.6. The van der Waals surface area contributed by atoms with E-state index >= 15 is 0 Å². The third-order valence-electron chi connectivity index (χ3n) is 4.72. The molecule has 26 heavy (non-hydrogen) atoms. The van der Waals surface area contributed by atoms with Gasteiger partial charge in [0.05, 0.1) is 17.1 Å². The van der Waals surface area contributed by atoms with Crippen LogP contribution in [0, 0.1) is 0 Å². The molecule has 5 rings (SSSR count). The highest BCUT2D eigenvalue weighted by atomic mass is 16.3. The van der Waals surface area contributed by atoms with Crippen LogP contribution in [0.25, 0.3) is 16.8 Å². The first-order valence-corrected chi connectivity index (χ1v) is 8.24. The fourth-order valence-electron chi connectivity index (χ4n) is 3.55. The first kappa shape index (κ1) is 14.7. The molecule has 1 aliphatic rings. The van der Waals surface area contributed by atoms with E-state index in [1.807, 2.05) is 36.5 Å². The van der Waals surface area contributed by atoms with E-state index in [2.05, 4.69) is 15.4 Å². The van der Waals surface area contributed by atoms with Gasteiger partial charge >= 0.3 is 0 Å². The molecule has 0 saturated carbocycles. The van der Waals surface area contributed by atoms with E-state index in [0.717, 1.165) is 27.9 Å². The van der Waals surface area contributed by atoms with Crippen LogP contribution in [-0.2, 0) is 4.79 Å². The molecule has 2 N–H and O–H groups in total. The fourth-order valence-corrected chi connectivity index (χ4v) is 3.55. The highest BCUT2D eigenvalue weighted by Gasteiger charge is 2.30. The molecule has 0 saturated heterocycles. The van der Waals surface area contributed by atoms with Crippen LogP contribution in [0.4, 0.5) is 5.69 Å². The van der Waals surface area contributed by atoms with Gasteiger partial charge in [0.1, 0.15) is 17.8 Å². The van der Waals surface area contributed by atoms with Crippen molar-refractivity contribution in [3.05, 3.63) is 78.2 Å². The van der Waals surface area contributed by atoms with Gasteiger partial charge in [0.15, 0.2) is 0 Å². The van der Waals surface area contributed by atoms with Crippen molar-refractivity contribution in [1.29, 1.82) is 0 Å². The second-order valence-corrected chi connectivity index (χ2v) is 6.23. The van der Waals surface area contributed by atoms with Gasteiger partial charge in [-0.25, -0.2) is 9.50 Å². The molecule has 3 heterocycles. The van der Waals surface area contributed by atoms with Gasteiger partial charge in [-0.3, -0.25) is 4.79 Å². The molecule has 1 unspecified atom stereocenters. The summed E-state index contributed by atoms with van der Waals surface area (Å²) in [7, 11) is 0. The monoisotopic (exact) mass is 342 g/mol. The maximum absolute atomic E-state index is 13.1. The molecule has 2 aromatic carbocycles. The highest BCUT2D eigenvalue weighted by molar-refractivity contribution is 6.05. The van der Waals surface area contributed by atoms with Crippen molar-refractivity contribution in [2.75, 3.05) is 5.32 Å². The van der Waals surface area contributed by atoms with Crippen LogP contribution >= 0.6 is 0 Å². The second-order valence-electron chi connectivity index (χ2n) is 6.23. The van der Waals surface area contributed by atoms with Gasteiger partial charge < -0.3 is 10.4 Å². The maximum atomic E-state index is 13.1. The van der Waals surface area contributed by atoms with Gasteiger partial charge in [-0.05, 0) is 35.4 Å². The number of fused-ring (bicyclic) bond motifs is 2. The molecule has 6 heteroatoms. The Morgan fingerprint density at radius 1 is 1.04 bits per heavy atom. The zero-order chi connectivity index (χ0) is 17.7. The molecule has 4 aromatic rings. The van der Waals surface area contributed by atoms with Gasteiger partial charge in [0, 0.05) is 11.8 Å². The molecule has 126 valence electrons. The van der Waals surface area contributed by atoms with Crippen LogP contribution in [0.1, 0.15) is 17.0 Å². The summed E-state index contributed by atoms with van der Waals surface area (Å²) in [4.78, 5) is 17.6. The SMILES string of the molecule is O=C1Nc2ccccc2-c2ncnn3ccc(c23)C1c1ccc(O)cc1. The molecule has 0 aliphatic carbocycles. The molecule has 1 aliphatic heterocycles. The maximum Gasteiger partial charge on any atom is 0.236 e. The Morgan fingerprint density at radius 2 is 1.85 bits per heavy atom. The lowest BCUT2D eigenvalue weighted by molar-refractivity contribution is -0.116. The van der Waals surface area contributed by atoms with Gasteiger partial charge in [-0.15, -0.1) is 0 Å². The van der Waals surface area contributed by atoms with Crippen LogP contribution in [0.15, 0.2) is 67.1 Å². The Balaban J connectivity index is 1.85. The third-order valence-corrected chi connectivity index (χ3v) is 4.72. The number of nitrogens with one attached hydrogen (secondary N) is 1. The largest absolute Gasteiger partial charge is 0.508 e. The smallest absolute Gasteiger partial charge is 0.236 e. The van der Waals surface area contributed by atoms with E-state index in [1.54, 1.807) is 28.8 Å². The summed E-state index contributed by atoms with van der Waals surface area (Å²) in [5, 5.41) is 16.9. The predicted octanol–water partition coefficient (Wildman–Crippen LogP) is 3.19. The second kappa shape index (κ2) is 5.42. The summed E-state index contributed by atoms with van der Waals surface area (Å²) in [6, 6.07) is 16.2. The number of para-hydroxylation sites is 1. The summed E-state index contributed by atoms with van der Waals surface area (Å²) in [5.41, 5.74) is 4.79. The van der Waals surface area contributed by atoms with Gasteiger partial charge in [-0.1, -0.05) is 30.3 Å². The lowest BCUT2D eigenvalue weighted by Crippen LogP contribution is -2.24. The molecule has 0 fully saturated rings. The van der Waals surface area contributed by atoms with E-state index in [1.165, 1.54) is 6.33 Å². The fraction of sp³-hybridized carbons (Fsp3) is 0.0500. The topological polar surface area (TPSA) is 79.5 Å². The Hall–Kier alpha value is -3.67. The number of phenolic OH excluding ortho intramolecular Hbond substituents is 1. The quantitative estimate of drug-likeness (QED) is 0.557. The number of aromatic hydroxyl groups is 1. The molecular weight excluding hydrogens is 328 g/mol. The van der Waals surface area contributed by atoms with Crippen molar-refractivity contribution < 1.29 is 9.90 Å². The van der Waals surface area contributed by atoms with E-state index < -0.39 is 5.92 Å². The van der Waals surface area contributed by atoms with Crippen molar-refractivity contribution in [3.8, 4) is 17.0 Å². The first-order chi connectivity index (χ1) is 12.7. The van der Waals surface area contributed by atoms with Crippen LogP contribution in [-0.4, -0.2) is 25.6 Å². The van der Waals surface area contributed by atoms with Gasteiger partial charge in [0.2, 0.25) is 5.91 Å². The van der Waals surface area contributed by atoms with Gasteiger partial charge in [-0.2, -0.15) is 5.10 Å². The molecule has 6 nitrogen and oxygen atoms in total. The van der Waals surface area contributed by atoms with Crippen molar-refractivity contribution in [3.63, 3.8) is 0 Å². The minimum Gasteiger partial charge on any atom is -0.508 e. The Bertz CT molecular complexity index is 1150. The molecule has 1 amide bonds. The first-order valence-electron chi connectivity index (χ1n) is 8.24. The highest BCUT2D eigenvalue weighted by Crippen LogP contribution is 2.39. The summed E-state index contributed by atoms with van der Waals surface area (Å²) in [5.74, 6) is -0.499. The molecule has 1 atom stereocenters. The van der Waals surface area contributed by atoms with Crippen molar-refractivity contribution >= 4 is 17.1 Å². The third kappa shape index (κ3) is 2.09. The number of hydrogen-bond donors (Lipinski definition) is 2. The van der Waals surface area contributed by atoms with Crippen LogP contribution < -0.4 is 5.32 Å². The van der Waals surface area contributed by atoms with Crippen molar-refractivity contribution in [2.24, 2.45) is 0 Å². The zero-order valence-corrected chi connectivity index (χ0v) is 13.6. The lowest BCUT2D eigenvalue weighted by atomic mass is 9.88. The lowest BCUT2D eigenvalue weighted by Gasteiger charge is -2.22. The number of hydrogen-bond acceptors (Lipinski definition) is 4. The number of carbonyl (C=O) groups is 1. The summed E-state index contributed by atoms with van der Waals surface area (Å²) in [6.07, 6.45) is 3.35. The average Bonchev–Trinajstić information content (AvgIpc) is 3.07. The van der Waals surface area contributed by atoms with Crippen LogP contribution in [0.3, 0.4) is 0 Å². The van der Waals surface area contributed by atoms with Crippen LogP contribution in [0.2, 0.25) is 0 Å². The van der Waals surface area contributed by atoms with Gasteiger partial charge in [0.25, 0.3) is 0 Å². The minimum atomic E-state index is -0.529. The predicted molar refractivity (Wildman–Crippen MR) is 97.0 cm³/mol. The molecule has 0 spiro atoms. The Kier molecular flexibility index (Phi) is 3.05.